The highest BCUT2D eigenvalue weighted by molar-refractivity contribution is 5.78. The Kier molecular flexibility index (Phi) is 8.98. The zero-order valence-corrected chi connectivity index (χ0v) is 23.0. The number of anilines is 1. The normalized spacial score (nSPS) is 18.7. The van der Waals surface area contributed by atoms with Crippen molar-refractivity contribution in [1.82, 2.24) is 25.3 Å². The fourth-order valence-corrected chi connectivity index (χ4v) is 4.41. The molecule has 3 heterocycles. The summed E-state index contributed by atoms with van der Waals surface area (Å²) in [6.45, 7) is 4.18. The molecule has 214 valence electrons. The molecule has 41 heavy (non-hydrogen) atoms. The Labute approximate surface area is 237 Å². The second kappa shape index (κ2) is 13.0. The number of carbonyl (C=O) groups is 1. The third kappa shape index (κ3) is 7.31. The molecule has 0 bridgehead atoms. The van der Waals surface area contributed by atoms with Gasteiger partial charge in [-0.3, -0.25) is 4.79 Å². The number of carbonyl (C=O) groups excluding carboxylic acids is 1. The second-order valence-corrected chi connectivity index (χ2v) is 10.2. The van der Waals surface area contributed by atoms with Crippen LogP contribution in [0.4, 0.5) is 10.3 Å². The first kappa shape index (κ1) is 28.3. The summed E-state index contributed by atoms with van der Waals surface area (Å²) in [6, 6.07) is 17.5. The van der Waals surface area contributed by atoms with Crippen molar-refractivity contribution >= 4 is 11.9 Å². The molecular weight excluding hydrogens is 527 g/mol. The first-order valence-corrected chi connectivity index (χ1v) is 13.4. The molecule has 1 amide bonds. The highest BCUT2D eigenvalue weighted by Crippen LogP contribution is 2.35. The monoisotopic (exact) mass is 560 g/mol. The number of imidazole rings is 1. The summed E-state index contributed by atoms with van der Waals surface area (Å²) in [6.07, 6.45) is 1.21. The third-order valence-electron chi connectivity index (χ3n) is 6.65. The summed E-state index contributed by atoms with van der Waals surface area (Å²) >= 11 is 0. The lowest BCUT2D eigenvalue weighted by molar-refractivity contribution is -0.232. The molecule has 1 saturated heterocycles. The molecule has 5 rings (SSSR count). The molecule has 0 unspecified atom stereocenters. The molecule has 2 aromatic carbocycles. The molecule has 0 aliphatic carbocycles. The lowest BCUT2D eigenvalue weighted by Gasteiger charge is -2.36. The highest BCUT2D eigenvalue weighted by Gasteiger charge is 2.35. The number of H-pyrrole nitrogens is 1. The molecule has 11 heteroatoms. The van der Waals surface area contributed by atoms with E-state index in [1.807, 2.05) is 37.3 Å². The molecule has 0 atom stereocenters. The molecule has 4 aromatic rings. The van der Waals surface area contributed by atoms with E-state index >= 15 is 0 Å². The number of nitrogens with zero attached hydrogens (tertiary/aromatic N) is 3. The van der Waals surface area contributed by atoms with E-state index in [1.54, 1.807) is 31.5 Å². The van der Waals surface area contributed by atoms with E-state index in [-0.39, 0.29) is 11.7 Å². The topological polar surface area (TPSA) is 123 Å². The van der Waals surface area contributed by atoms with Gasteiger partial charge in [-0.25, -0.2) is 19.3 Å². The molecule has 2 aromatic heterocycles. The van der Waals surface area contributed by atoms with Gasteiger partial charge in [0.15, 0.2) is 5.82 Å². The van der Waals surface area contributed by atoms with Gasteiger partial charge in [0.1, 0.15) is 5.82 Å². The van der Waals surface area contributed by atoms with Gasteiger partial charge in [-0.2, -0.15) is 0 Å². The fraction of sp³-hybridized carbons (Fsp3) is 0.333. The van der Waals surface area contributed by atoms with Crippen LogP contribution in [0.25, 0.3) is 22.6 Å². The van der Waals surface area contributed by atoms with Crippen LogP contribution >= 0.6 is 0 Å². The first-order chi connectivity index (χ1) is 19.9. The number of halogens is 1. The molecule has 10 nitrogen and oxygen atoms in total. The standard InChI is InChI=1S/C30H33FN6O4/c1-30(17-34-24(38)16-20-6-4-3-5-7-20)18-40-28(41-19-30)27-36-25(21-8-10-22(31)11-9-21)26(37-27)23-12-13-32-29(35-23)33-14-15-39-2/h3-13,28H,14-19H2,1-2H3,(H,34,38)(H,36,37)(H,32,33,35). The number of aromatic nitrogens is 4. The Balaban J connectivity index is 1.30. The quantitative estimate of drug-likeness (QED) is 0.234. The minimum absolute atomic E-state index is 0.0555. The van der Waals surface area contributed by atoms with Crippen LogP contribution in [0.15, 0.2) is 66.9 Å². The largest absolute Gasteiger partial charge is 0.383 e. The van der Waals surface area contributed by atoms with Gasteiger partial charge in [0.25, 0.3) is 0 Å². The number of aromatic amines is 1. The second-order valence-electron chi connectivity index (χ2n) is 10.2. The Bertz CT molecular complexity index is 1440. The number of hydrogen-bond donors (Lipinski definition) is 3. The van der Waals surface area contributed by atoms with Crippen molar-refractivity contribution < 1.29 is 23.4 Å². The molecule has 0 saturated carbocycles. The number of nitrogens with one attached hydrogen (secondary N) is 3. The van der Waals surface area contributed by atoms with Crippen LogP contribution in [-0.4, -0.2) is 65.9 Å². The van der Waals surface area contributed by atoms with E-state index < -0.39 is 11.7 Å². The van der Waals surface area contributed by atoms with E-state index in [9.17, 15) is 9.18 Å². The van der Waals surface area contributed by atoms with Crippen LogP contribution < -0.4 is 10.6 Å². The molecule has 0 radical (unpaired) electrons. The number of amides is 1. The average Bonchev–Trinajstić information content (AvgIpc) is 3.43. The predicted octanol–water partition coefficient (Wildman–Crippen LogP) is 4.14. The van der Waals surface area contributed by atoms with Gasteiger partial charge in [0, 0.05) is 37.4 Å². The zero-order chi connectivity index (χ0) is 28.7. The minimum Gasteiger partial charge on any atom is -0.383 e. The van der Waals surface area contributed by atoms with E-state index in [0.717, 1.165) is 5.56 Å². The number of benzene rings is 2. The molecule has 3 N–H and O–H groups in total. The van der Waals surface area contributed by atoms with Crippen LogP contribution in [0.3, 0.4) is 0 Å². The molecule has 1 aliphatic heterocycles. The number of ether oxygens (including phenoxy) is 3. The summed E-state index contributed by atoms with van der Waals surface area (Å²) in [7, 11) is 1.63. The maximum Gasteiger partial charge on any atom is 0.224 e. The maximum absolute atomic E-state index is 13.7. The summed E-state index contributed by atoms with van der Waals surface area (Å²) < 4.78 is 31.0. The Morgan fingerprint density at radius 1 is 1.10 bits per heavy atom. The van der Waals surface area contributed by atoms with E-state index in [4.69, 9.17) is 19.2 Å². The minimum atomic E-state index is -0.753. The van der Waals surface area contributed by atoms with Crippen molar-refractivity contribution in [1.29, 1.82) is 0 Å². The highest BCUT2D eigenvalue weighted by atomic mass is 19.1. The van der Waals surface area contributed by atoms with Gasteiger partial charge in [-0.15, -0.1) is 0 Å². The SMILES string of the molecule is COCCNc1nccc(-c2[nH]c(C3OCC(C)(CNC(=O)Cc4ccccc4)CO3)nc2-c2ccc(F)cc2)n1. The van der Waals surface area contributed by atoms with Gasteiger partial charge >= 0.3 is 0 Å². The van der Waals surface area contributed by atoms with Crippen LogP contribution in [0, 0.1) is 11.2 Å². The lowest BCUT2D eigenvalue weighted by atomic mass is 9.92. The van der Waals surface area contributed by atoms with Gasteiger partial charge in [-0.05, 0) is 35.9 Å². The van der Waals surface area contributed by atoms with Crippen molar-refractivity contribution in [3.63, 3.8) is 0 Å². The van der Waals surface area contributed by atoms with Crippen LogP contribution in [0.2, 0.25) is 0 Å². The first-order valence-electron chi connectivity index (χ1n) is 13.4. The van der Waals surface area contributed by atoms with E-state index in [1.165, 1.54) is 12.1 Å². The van der Waals surface area contributed by atoms with E-state index in [2.05, 4.69) is 25.6 Å². The van der Waals surface area contributed by atoms with Crippen molar-refractivity contribution in [2.24, 2.45) is 5.41 Å². The fourth-order valence-electron chi connectivity index (χ4n) is 4.41. The van der Waals surface area contributed by atoms with Crippen molar-refractivity contribution in [2.45, 2.75) is 19.6 Å². The summed E-state index contributed by atoms with van der Waals surface area (Å²) in [5, 5.41) is 6.12. The van der Waals surface area contributed by atoms with Crippen LogP contribution in [0.5, 0.6) is 0 Å². The van der Waals surface area contributed by atoms with Crippen molar-refractivity contribution in [3.8, 4) is 22.6 Å². The van der Waals surface area contributed by atoms with Crippen LogP contribution in [0.1, 0.15) is 24.6 Å². The average molecular weight is 561 g/mol. The number of rotatable bonds is 11. The number of hydrogen-bond acceptors (Lipinski definition) is 8. The number of methoxy groups -OCH3 is 1. The summed E-state index contributed by atoms with van der Waals surface area (Å²) in [5.41, 5.74) is 3.05. The molecule has 1 aliphatic rings. The summed E-state index contributed by atoms with van der Waals surface area (Å²) in [4.78, 5) is 29.5. The van der Waals surface area contributed by atoms with Gasteiger partial charge in [0.2, 0.25) is 18.1 Å². The van der Waals surface area contributed by atoms with Gasteiger partial charge < -0.3 is 29.8 Å². The third-order valence-corrected chi connectivity index (χ3v) is 6.65. The summed E-state index contributed by atoms with van der Waals surface area (Å²) in [5.74, 6) is 0.505. The lowest BCUT2D eigenvalue weighted by Crippen LogP contribution is -2.45. The Morgan fingerprint density at radius 3 is 2.59 bits per heavy atom. The Hall–Kier alpha value is -4.19. The smallest absolute Gasteiger partial charge is 0.224 e. The molecule has 1 fully saturated rings. The predicted molar refractivity (Wildman–Crippen MR) is 151 cm³/mol. The van der Waals surface area contributed by atoms with Gasteiger partial charge in [-0.1, -0.05) is 37.3 Å². The maximum atomic E-state index is 13.7. The van der Waals surface area contributed by atoms with Gasteiger partial charge in [0.05, 0.1) is 43.3 Å². The zero-order valence-electron chi connectivity index (χ0n) is 23.0. The van der Waals surface area contributed by atoms with Crippen molar-refractivity contribution in [3.05, 3.63) is 84.1 Å². The van der Waals surface area contributed by atoms with Crippen molar-refractivity contribution in [2.75, 3.05) is 45.3 Å². The molecular formula is C30H33FN6O4. The van der Waals surface area contributed by atoms with E-state index in [0.29, 0.717) is 73.7 Å². The molecule has 0 spiro atoms. The van der Waals surface area contributed by atoms with Crippen LogP contribution in [-0.2, 0) is 25.4 Å². The Morgan fingerprint density at radius 2 is 1.85 bits per heavy atom.